The minimum atomic E-state index is -0.464. The Hall–Kier alpha value is -3.34. The van der Waals surface area contributed by atoms with Crippen LogP contribution in [0.5, 0.6) is 5.75 Å². The number of benzene rings is 3. The molecule has 1 saturated heterocycles. The first kappa shape index (κ1) is 27.7. The van der Waals surface area contributed by atoms with Gasteiger partial charge < -0.3 is 14.6 Å². The lowest BCUT2D eigenvalue weighted by molar-refractivity contribution is 0.0594. The van der Waals surface area contributed by atoms with Crippen molar-refractivity contribution < 1.29 is 19.4 Å². The number of carbonyl (C=O) groups is 1. The van der Waals surface area contributed by atoms with Gasteiger partial charge in [0.15, 0.2) is 0 Å². The van der Waals surface area contributed by atoms with Crippen LogP contribution in [0, 0.1) is 11.8 Å². The molecule has 7 heteroatoms. The molecule has 1 heterocycles. The summed E-state index contributed by atoms with van der Waals surface area (Å²) in [6.45, 7) is 4.91. The molecule has 0 saturated carbocycles. The van der Waals surface area contributed by atoms with Crippen molar-refractivity contribution in [3.05, 3.63) is 100 Å². The Morgan fingerprint density at radius 3 is 2.39 bits per heavy atom. The van der Waals surface area contributed by atoms with Gasteiger partial charge in [-0.15, -0.1) is 0 Å². The van der Waals surface area contributed by atoms with Crippen LogP contribution in [0.15, 0.2) is 72.8 Å². The highest BCUT2D eigenvalue weighted by molar-refractivity contribution is 6.30. The normalized spacial score (nSPS) is 14.8. The summed E-state index contributed by atoms with van der Waals surface area (Å²) in [6.07, 6.45) is 0.380. The molecule has 4 rings (SSSR count). The third-order valence-electron chi connectivity index (χ3n) is 6.59. The standard InChI is InChI=1S/C31H33ClN2O4/c1-37-31(36)28-23-24(7-5-6-21-35)10-15-29(28)38-22-20-33-16-18-34(19-17-33)30(25-8-3-2-4-9-25)26-11-13-27(32)14-12-26/h2-4,8-15,23,30,35H,6,16-22H2,1H3. The number of hydrogen-bond acceptors (Lipinski definition) is 6. The van der Waals surface area contributed by atoms with Crippen molar-refractivity contribution in [1.82, 2.24) is 9.80 Å². The van der Waals surface area contributed by atoms with Gasteiger partial charge in [0.1, 0.15) is 17.9 Å². The SMILES string of the molecule is COC(=O)c1cc(C#CCCO)ccc1OCCN1CCN(C(c2ccccc2)c2ccc(Cl)cc2)CC1. The number of piperazine rings is 1. The Kier molecular flexibility index (Phi) is 10.2. The van der Waals surface area contributed by atoms with E-state index in [0.29, 0.717) is 29.9 Å². The molecule has 198 valence electrons. The van der Waals surface area contributed by atoms with E-state index in [9.17, 15) is 4.79 Å². The van der Waals surface area contributed by atoms with Gasteiger partial charge >= 0.3 is 5.97 Å². The minimum Gasteiger partial charge on any atom is -0.491 e. The van der Waals surface area contributed by atoms with Crippen molar-refractivity contribution in [1.29, 1.82) is 0 Å². The van der Waals surface area contributed by atoms with Crippen LogP contribution in [0.25, 0.3) is 0 Å². The minimum absolute atomic E-state index is 0.000349. The molecular formula is C31H33ClN2O4. The van der Waals surface area contributed by atoms with E-state index < -0.39 is 5.97 Å². The van der Waals surface area contributed by atoms with E-state index in [-0.39, 0.29) is 12.6 Å². The molecule has 1 aliphatic heterocycles. The number of hydrogen-bond donors (Lipinski definition) is 1. The molecule has 0 amide bonds. The zero-order valence-electron chi connectivity index (χ0n) is 21.6. The van der Waals surface area contributed by atoms with Crippen LogP contribution in [0.1, 0.15) is 39.5 Å². The van der Waals surface area contributed by atoms with Gasteiger partial charge in [-0.2, -0.15) is 0 Å². The highest BCUT2D eigenvalue weighted by Gasteiger charge is 2.26. The summed E-state index contributed by atoms with van der Waals surface area (Å²) in [5.74, 6) is 5.83. The summed E-state index contributed by atoms with van der Waals surface area (Å²) in [4.78, 5) is 17.2. The number of aliphatic hydroxyl groups excluding tert-OH is 1. The first-order valence-electron chi connectivity index (χ1n) is 12.8. The fraction of sp³-hybridized carbons (Fsp3) is 0.323. The molecule has 1 N–H and O–H groups in total. The fourth-order valence-corrected chi connectivity index (χ4v) is 4.77. The van der Waals surface area contributed by atoms with Gasteiger partial charge in [0, 0.05) is 49.7 Å². The van der Waals surface area contributed by atoms with E-state index in [1.807, 2.05) is 24.3 Å². The van der Waals surface area contributed by atoms with Crippen molar-refractivity contribution in [3.8, 4) is 17.6 Å². The van der Waals surface area contributed by atoms with E-state index in [1.165, 1.54) is 18.2 Å². The molecule has 0 bridgehead atoms. The molecule has 6 nitrogen and oxygen atoms in total. The molecule has 1 atom stereocenters. The number of nitrogens with zero attached hydrogens (tertiary/aromatic N) is 2. The van der Waals surface area contributed by atoms with Gasteiger partial charge in [0.25, 0.3) is 0 Å². The van der Waals surface area contributed by atoms with Crippen LogP contribution in [0.3, 0.4) is 0 Å². The molecule has 1 aliphatic rings. The second kappa shape index (κ2) is 14.0. The number of halogens is 1. The predicted octanol–water partition coefficient (Wildman–Crippen LogP) is 4.65. The maximum Gasteiger partial charge on any atom is 0.341 e. The Morgan fingerprint density at radius 1 is 1.00 bits per heavy atom. The lowest BCUT2D eigenvalue weighted by atomic mass is 9.96. The third kappa shape index (κ3) is 7.37. The summed E-state index contributed by atoms with van der Waals surface area (Å²) >= 11 is 6.16. The number of rotatable bonds is 9. The molecule has 1 fully saturated rings. The van der Waals surface area contributed by atoms with Crippen LogP contribution in [0.2, 0.25) is 5.02 Å². The summed E-state index contributed by atoms with van der Waals surface area (Å²) in [5, 5.41) is 9.66. The summed E-state index contributed by atoms with van der Waals surface area (Å²) in [5.41, 5.74) is 3.53. The van der Waals surface area contributed by atoms with Gasteiger partial charge in [0.05, 0.1) is 19.8 Å². The summed E-state index contributed by atoms with van der Waals surface area (Å²) in [6, 6.07) is 24.1. The van der Waals surface area contributed by atoms with Crippen molar-refractivity contribution in [2.75, 3.05) is 53.0 Å². The van der Waals surface area contributed by atoms with E-state index >= 15 is 0 Å². The van der Waals surface area contributed by atoms with E-state index in [0.717, 1.165) is 37.7 Å². The Labute approximate surface area is 229 Å². The van der Waals surface area contributed by atoms with Crippen molar-refractivity contribution in [2.45, 2.75) is 12.5 Å². The van der Waals surface area contributed by atoms with Crippen LogP contribution in [-0.2, 0) is 4.74 Å². The molecule has 3 aromatic carbocycles. The Balaban J connectivity index is 1.36. The zero-order valence-corrected chi connectivity index (χ0v) is 22.4. The van der Waals surface area contributed by atoms with Crippen molar-refractivity contribution in [2.24, 2.45) is 0 Å². The lowest BCUT2D eigenvalue weighted by Gasteiger charge is -2.39. The number of methoxy groups -OCH3 is 1. The highest BCUT2D eigenvalue weighted by atomic mass is 35.5. The lowest BCUT2D eigenvalue weighted by Crippen LogP contribution is -2.48. The van der Waals surface area contributed by atoms with Gasteiger partial charge in [-0.3, -0.25) is 9.80 Å². The van der Waals surface area contributed by atoms with Gasteiger partial charge in [-0.05, 0) is 41.5 Å². The monoisotopic (exact) mass is 532 g/mol. The molecule has 0 spiro atoms. The van der Waals surface area contributed by atoms with Crippen LogP contribution < -0.4 is 4.74 Å². The van der Waals surface area contributed by atoms with Crippen LogP contribution >= 0.6 is 11.6 Å². The molecule has 38 heavy (non-hydrogen) atoms. The number of esters is 1. The second-order valence-electron chi connectivity index (χ2n) is 9.07. The average Bonchev–Trinajstić information content (AvgIpc) is 2.96. The molecule has 0 aliphatic carbocycles. The van der Waals surface area contributed by atoms with Crippen molar-refractivity contribution in [3.63, 3.8) is 0 Å². The molecular weight excluding hydrogens is 500 g/mol. The second-order valence-corrected chi connectivity index (χ2v) is 9.51. The van der Waals surface area contributed by atoms with Gasteiger partial charge in [0.2, 0.25) is 0 Å². The highest BCUT2D eigenvalue weighted by Crippen LogP contribution is 2.30. The van der Waals surface area contributed by atoms with Crippen LogP contribution in [-0.4, -0.2) is 73.9 Å². The van der Waals surface area contributed by atoms with E-state index in [2.05, 4.69) is 58.0 Å². The first-order chi connectivity index (χ1) is 18.6. The summed E-state index contributed by atoms with van der Waals surface area (Å²) in [7, 11) is 1.35. The van der Waals surface area contributed by atoms with Crippen molar-refractivity contribution >= 4 is 17.6 Å². The molecule has 0 radical (unpaired) electrons. The summed E-state index contributed by atoms with van der Waals surface area (Å²) < 4.78 is 10.9. The Morgan fingerprint density at radius 2 is 1.71 bits per heavy atom. The molecule has 0 aromatic heterocycles. The largest absolute Gasteiger partial charge is 0.491 e. The predicted molar refractivity (Wildman–Crippen MR) is 150 cm³/mol. The maximum atomic E-state index is 12.3. The molecule has 1 unspecified atom stereocenters. The van der Waals surface area contributed by atoms with Crippen LogP contribution in [0.4, 0.5) is 0 Å². The maximum absolute atomic E-state index is 12.3. The topological polar surface area (TPSA) is 62.2 Å². The van der Waals surface area contributed by atoms with Gasteiger partial charge in [-0.1, -0.05) is 65.9 Å². The smallest absolute Gasteiger partial charge is 0.341 e. The quantitative estimate of drug-likeness (QED) is 0.320. The van der Waals surface area contributed by atoms with E-state index in [1.54, 1.807) is 12.1 Å². The van der Waals surface area contributed by atoms with Gasteiger partial charge in [-0.25, -0.2) is 4.79 Å². The number of ether oxygens (including phenoxy) is 2. The molecule has 3 aromatic rings. The fourth-order valence-electron chi connectivity index (χ4n) is 4.65. The third-order valence-corrected chi connectivity index (χ3v) is 6.84. The average molecular weight is 533 g/mol. The number of carbonyl (C=O) groups excluding carboxylic acids is 1. The van der Waals surface area contributed by atoms with E-state index in [4.69, 9.17) is 26.2 Å². The first-order valence-corrected chi connectivity index (χ1v) is 13.2. The Bertz CT molecular complexity index is 1250. The zero-order chi connectivity index (χ0) is 26.7. The number of aliphatic hydroxyl groups is 1.